The number of rotatable bonds is 3. The van der Waals surface area contributed by atoms with Gasteiger partial charge in [-0.1, -0.05) is 30.3 Å². The van der Waals surface area contributed by atoms with Gasteiger partial charge in [0.15, 0.2) is 0 Å². The maximum atomic E-state index is 5.34. The zero-order chi connectivity index (χ0) is 12.2. The average molecular weight is 236 g/mol. The van der Waals surface area contributed by atoms with Crippen LogP contribution in [0, 0.1) is 0 Å². The number of nitrogens with one attached hydrogen (secondary N) is 1. The van der Waals surface area contributed by atoms with E-state index in [-0.39, 0.29) is 0 Å². The molecule has 18 heavy (non-hydrogen) atoms. The lowest BCUT2D eigenvalue weighted by molar-refractivity contribution is 0.616. The van der Waals surface area contributed by atoms with Gasteiger partial charge >= 0.3 is 0 Å². The molecule has 3 heteroatoms. The first-order valence-corrected chi connectivity index (χ1v) is 5.73. The van der Waals surface area contributed by atoms with Gasteiger partial charge in [-0.2, -0.15) is 5.10 Å². The summed E-state index contributed by atoms with van der Waals surface area (Å²) in [5.74, 6) is 0. The second-order valence-corrected chi connectivity index (χ2v) is 3.95. The van der Waals surface area contributed by atoms with Gasteiger partial charge in [0.1, 0.15) is 5.58 Å². The van der Waals surface area contributed by atoms with Gasteiger partial charge in [-0.3, -0.25) is 5.43 Å². The lowest BCUT2D eigenvalue weighted by Gasteiger charge is -1.98. The molecular formula is C15H12N2O. The van der Waals surface area contributed by atoms with Crippen molar-refractivity contribution in [1.29, 1.82) is 0 Å². The van der Waals surface area contributed by atoms with Gasteiger partial charge in [-0.15, -0.1) is 0 Å². The topological polar surface area (TPSA) is 37.5 Å². The highest BCUT2D eigenvalue weighted by Gasteiger charge is 1.96. The van der Waals surface area contributed by atoms with Crippen molar-refractivity contribution in [2.75, 3.05) is 5.43 Å². The smallest absolute Gasteiger partial charge is 0.134 e. The number of benzene rings is 2. The first kappa shape index (κ1) is 10.6. The second kappa shape index (κ2) is 4.75. The summed E-state index contributed by atoms with van der Waals surface area (Å²) in [6, 6.07) is 17.8. The normalized spacial score (nSPS) is 11.1. The molecule has 0 aliphatic rings. The number of hydrazone groups is 1. The average Bonchev–Trinajstić information content (AvgIpc) is 2.87. The molecule has 88 valence electrons. The summed E-state index contributed by atoms with van der Waals surface area (Å²) >= 11 is 0. The molecule has 0 spiro atoms. The highest BCUT2D eigenvalue weighted by Crippen LogP contribution is 2.16. The molecule has 1 N–H and O–H groups in total. The molecule has 0 bridgehead atoms. The Labute approximate surface area is 105 Å². The van der Waals surface area contributed by atoms with E-state index in [9.17, 15) is 0 Å². The summed E-state index contributed by atoms with van der Waals surface area (Å²) in [5.41, 5.74) is 5.81. The van der Waals surface area contributed by atoms with Crippen molar-refractivity contribution in [2.45, 2.75) is 0 Å². The predicted molar refractivity (Wildman–Crippen MR) is 73.9 cm³/mol. The van der Waals surface area contributed by atoms with Crippen LogP contribution in [0.5, 0.6) is 0 Å². The third kappa shape index (κ3) is 2.25. The van der Waals surface area contributed by atoms with Gasteiger partial charge in [-0.05, 0) is 29.8 Å². The van der Waals surface area contributed by atoms with Crippen molar-refractivity contribution in [3.05, 3.63) is 66.4 Å². The van der Waals surface area contributed by atoms with Crippen LogP contribution < -0.4 is 5.43 Å². The molecule has 0 radical (unpaired) electrons. The van der Waals surface area contributed by atoms with Crippen LogP contribution in [-0.4, -0.2) is 6.21 Å². The maximum absolute atomic E-state index is 5.34. The second-order valence-electron chi connectivity index (χ2n) is 3.95. The summed E-state index contributed by atoms with van der Waals surface area (Å²) in [7, 11) is 0. The van der Waals surface area contributed by atoms with Crippen LogP contribution in [0.3, 0.4) is 0 Å². The third-order valence-corrected chi connectivity index (χ3v) is 2.66. The minimum atomic E-state index is 0.874. The van der Waals surface area contributed by atoms with Crippen LogP contribution >= 0.6 is 0 Å². The molecule has 0 saturated heterocycles. The fraction of sp³-hybridized carbons (Fsp3) is 0. The lowest BCUT2D eigenvalue weighted by atomic mass is 10.2. The minimum Gasteiger partial charge on any atom is -0.464 e. The Bertz CT molecular complexity index is 671. The summed E-state index contributed by atoms with van der Waals surface area (Å²) in [5, 5.41) is 5.29. The zero-order valence-electron chi connectivity index (χ0n) is 9.71. The van der Waals surface area contributed by atoms with Gasteiger partial charge in [0, 0.05) is 5.39 Å². The van der Waals surface area contributed by atoms with Gasteiger partial charge < -0.3 is 4.42 Å². The molecule has 1 aromatic heterocycles. The van der Waals surface area contributed by atoms with E-state index in [0.717, 1.165) is 22.2 Å². The Morgan fingerprint density at radius 2 is 1.89 bits per heavy atom. The molecule has 0 amide bonds. The standard InChI is InChI=1S/C15H12N2O/c1-2-4-14(5-3-1)17-16-11-12-6-7-13-8-9-18-15(13)10-12/h1-11,17H. The largest absolute Gasteiger partial charge is 0.464 e. The van der Waals surface area contributed by atoms with Crippen LogP contribution in [0.2, 0.25) is 0 Å². The number of hydrogen-bond acceptors (Lipinski definition) is 3. The molecule has 3 rings (SSSR count). The van der Waals surface area contributed by atoms with Crippen LogP contribution in [0.1, 0.15) is 5.56 Å². The summed E-state index contributed by atoms with van der Waals surface area (Å²) in [4.78, 5) is 0. The lowest BCUT2D eigenvalue weighted by Crippen LogP contribution is -1.89. The van der Waals surface area contributed by atoms with Gasteiger partial charge in [0.2, 0.25) is 0 Å². The number of hydrogen-bond donors (Lipinski definition) is 1. The van der Waals surface area contributed by atoms with E-state index in [1.165, 1.54) is 0 Å². The summed E-state index contributed by atoms with van der Waals surface area (Å²) < 4.78 is 5.34. The van der Waals surface area contributed by atoms with Gasteiger partial charge in [0.25, 0.3) is 0 Å². The molecule has 0 aliphatic carbocycles. The van der Waals surface area contributed by atoms with E-state index in [2.05, 4.69) is 10.5 Å². The Balaban J connectivity index is 1.75. The van der Waals surface area contributed by atoms with Gasteiger partial charge in [-0.25, -0.2) is 0 Å². The summed E-state index contributed by atoms with van der Waals surface area (Å²) in [6.45, 7) is 0. The highest BCUT2D eigenvalue weighted by molar-refractivity contribution is 5.87. The molecule has 0 unspecified atom stereocenters. The Hall–Kier alpha value is -2.55. The number of furan rings is 1. The molecule has 1 heterocycles. The minimum absolute atomic E-state index is 0.874. The fourth-order valence-corrected chi connectivity index (χ4v) is 1.75. The van der Waals surface area contributed by atoms with Crippen molar-refractivity contribution in [2.24, 2.45) is 5.10 Å². The van der Waals surface area contributed by atoms with E-state index in [1.54, 1.807) is 12.5 Å². The molecule has 0 aliphatic heterocycles. The van der Waals surface area contributed by atoms with E-state index in [1.807, 2.05) is 54.6 Å². The van der Waals surface area contributed by atoms with Crippen LogP contribution in [0.25, 0.3) is 11.0 Å². The quantitative estimate of drug-likeness (QED) is 0.553. The molecule has 3 nitrogen and oxygen atoms in total. The van der Waals surface area contributed by atoms with Crippen LogP contribution in [0.4, 0.5) is 5.69 Å². The molecule has 0 atom stereocenters. The molecule has 2 aromatic carbocycles. The SMILES string of the molecule is C(=NNc1ccccc1)c1ccc2ccoc2c1. The Morgan fingerprint density at radius 3 is 2.78 bits per heavy atom. The Morgan fingerprint density at radius 1 is 1.00 bits per heavy atom. The molecule has 0 saturated carbocycles. The third-order valence-electron chi connectivity index (χ3n) is 2.66. The Kier molecular flexibility index (Phi) is 2.80. The summed E-state index contributed by atoms with van der Waals surface area (Å²) in [6.07, 6.45) is 3.46. The molecule has 0 fully saturated rings. The van der Waals surface area contributed by atoms with E-state index >= 15 is 0 Å². The predicted octanol–water partition coefficient (Wildman–Crippen LogP) is 3.88. The van der Waals surface area contributed by atoms with Crippen molar-refractivity contribution < 1.29 is 4.42 Å². The monoisotopic (exact) mass is 236 g/mol. The molecular weight excluding hydrogens is 224 g/mol. The van der Waals surface area contributed by atoms with Crippen molar-refractivity contribution in [3.8, 4) is 0 Å². The van der Waals surface area contributed by atoms with E-state index in [4.69, 9.17) is 4.42 Å². The molecule has 3 aromatic rings. The zero-order valence-corrected chi connectivity index (χ0v) is 9.71. The number of fused-ring (bicyclic) bond motifs is 1. The maximum Gasteiger partial charge on any atom is 0.134 e. The number of nitrogens with zero attached hydrogens (tertiary/aromatic N) is 1. The first-order chi connectivity index (χ1) is 8.92. The van der Waals surface area contributed by atoms with Crippen LogP contribution in [0.15, 0.2) is 70.4 Å². The highest BCUT2D eigenvalue weighted by atomic mass is 16.3. The van der Waals surface area contributed by atoms with Crippen molar-refractivity contribution >= 4 is 22.9 Å². The van der Waals surface area contributed by atoms with Crippen molar-refractivity contribution in [3.63, 3.8) is 0 Å². The van der Waals surface area contributed by atoms with Crippen LogP contribution in [-0.2, 0) is 0 Å². The van der Waals surface area contributed by atoms with Crippen molar-refractivity contribution in [1.82, 2.24) is 0 Å². The van der Waals surface area contributed by atoms with E-state index in [0.29, 0.717) is 0 Å². The van der Waals surface area contributed by atoms with Gasteiger partial charge in [0.05, 0.1) is 18.2 Å². The van der Waals surface area contributed by atoms with E-state index < -0.39 is 0 Å². The first-order valence-electron chi connectivity index (χ1n) is 5.73. The number of para-hydroxylation sites is 1. The number of anilines is 1. The fourth-order valence-electron chi connectivity index (χ4n) is 1.75.